The number of hydrogen-bond acceptors (Lipinski definition) is 4. The van der Waals surface area contributed by atoms with E-state index in [1.54, 1.807) is 0 Å². The molecule has 0 saturated carbocycles. The molecule has 1 aromatic carbocycles. The van der Waals surface area contributed by atoms with Crippen LogP contribution in [-0.2, 0) is 4.79 Å². The molecule has 1 aromatic heterocycles. The number of anilines is 2. The van der Waals surface area contributed by atoms with Crippen molar-refractivity contribution in [1.82, 2.24) is 9.97 Å². The van der Waals surface area contributed by atoms with E-state index in [0.29, 0.717) is 6.54 Å². The van der Waals surface area contributed by atoms with Gasteiger partial charge in [-0.3, -0.25) is 4.79 Å². The van der Waals surface area contributed by atoms with E-state index in [0.717, 1.165) is 42.4 Å². The largest absolute Gasteiger partial charge is 0.340 e. The normalized spacial score (nSPS) is 17.8. The van der Waals surface area contributed by atoms with Crippen LogP contribution in [0.25, 0.3) is 0 Å². The van der Waals surface area contributed by atoms with Crippen LogP contribution in [0.15, 0.2) is 36.4 Å². The highest BCUT2D eigenvalue weighted by molar-refractivity contribution is 5.93. The van der Waals surface area contributed by atoms with Gasteiger partial charge in [0.2, 0.25) is 11.9 Å². The van der Waals surface area contributed by atoms with Crippen LogP contribution in [0.4, 0.5) is 11.6 Å². The molecule has 5 nitrogen and oxygen atoms in total. The summed E-state index contributed by atoms with van der Waals surface area (Å²) in [7, 11) is 0. The van der Waals surface area contributed by atoms with Crippen molar-refractivity contribution in [3.8, 4) is 0 Å². The van der Waals surface area contributed by atoms with E-state index in [1.807, 2.05) is 50.2 Å². The number of aryl methyl sites for hydroxylation is 2. The quantitative estimate of drug-likeness (QED) is 0.947. The van der Waals surface area contributed by atoms with Crippen LogP contribution < -0.4 is 10.2 Å². The minimum atomic E-state index is -0.0339. The molecule has 5 heteroatoms. The second kappa shape index (κ2) is 6.77. The summed E-state index contributed by atoms with van der Waals surface area (Å²) in [4.78, 5) is 23.7. The Bertz CT molecular complexity index is 666. The van der Waals surface area contributed by atoms with Crippen LogP contribution in [0.1, 0.15) is 24.2 Å². The van der Waals surface area contributed by atoms with E-state index in [2.05, 4.69) is 20.2 Å². The minimum Gasteiger partial charge on any atom is -0.340 e. The van der Waals surface area contributed by atoms with Crippen molar-refractivity contribution in [2.75, 3.05) is 23.3 Å². The fourth-order valence-electron chi connectivity index (χ4n) is 2.99. The molecular weight excluding hydrogens is 288 g/mol. The molecule has 1 atom stereocenters. The molecule has 0 spiro atoms. The molecule has 2 aromatic rings. The van der Waals surface area contributed by atoms with Gasteiger partial charge in [-0.25, -0.2) is 9.97 Å². The Labute approximate surface area is 136 Å². The van der Waals surface area contributed by atoms with E-state index in [-0.39, 0.29) is 11.8 Å². The van der Waals surface area contributed by atoms with Gasteiger partial charge in [0.05, 0.1) is 5.92 Å². The third kappa shape index (κ3) is 3.86. The maximum Gasteiger partial charge on any atom is 0.229 e. The third-order valence-electron chi connectivity index (χ3n) is 4.09. The van der Waals surface area contributed by atoms with Gasteiger partial charge in [-0.2, -0.15) is 0 Å². The van der Waals surface area contributed by atoms with Crippen LogP contribution in [-0.4, -0.2) is 29.0 Å². The summed E-state index contributed by atoms with van der Waals surface area (Å²) >= 11 is 0. The highest BCUT2D eigenvalue weighted by atomic mass is 16.1. The maximum atomic E-state index is 12.5. The molecule has 120 valence electrons. The van der Waals surface area contributed by atoms with Crippen LogP contribution in [0, 0.1) is 19.8 Å². The summed E-state index contributed by atoms with van der Waals surface area (Å²) in [6.07, 6.45) is 1.88. The summed E-state index contributed by atoms with van der Waals surface area (Å²) in [5.74, 6) is 0.776. The predicted molar refractivity (Wildman–Crippen MR) is 91.5 cm³/mol. The van der Waals surface area contributed by atoms with Gasteiger partial charge >= 0.3 is 0 Å². The number of nitrogens with one attached hydrogen (secondary N) is 1. The molecule has 1 unspecified atom stereocenters. The van der Waals surface area contributed by atoms with Gasteiger partial charge in [-0.1, -0.05) is 18.2 Å². The average molecular weight is 310 g/mol. The fourth-order valence-corrected chi connectivity index (χ4v) is 2.99. The smallest absolute Gasteiger partial charge is 0.229 e. The van der Waals surface area contributed by atoms with Crippen molar-refractivity contribution in [3.05, 3.63) is 47.8 Å². The number of nitrogens with zero attached hydrogens (tertiary/aromatic N) is 3. The first-order valence-corrected chi connectivity index (χ1v) is 8.05. The second-order valence-electron chi connectivity index (χ2n) is 6.09. The predicted octanol–water partition coefficient (Wildman–Crippen LogP) is 2.95. The highest BCUT2D eigenvalue weighted by Crippen LogP contribution is 2.22. The Hall–Kier alpha value is -2.43. The lowest BCUT2D eigenvalue weighted by Gasteiger charge is -2.32. The number of amides is 1. The van der Waals surface area contributed by atoms with Gasteiger partial charge in [0.25, 0.3) is 0 Å². The minimum absolute atomic E-state index is 0.0339. The lowest BCUT2D eigenvalue weighted by Crippen LogP contribution is -2.41. The maximum absolute atomic E-state index is 12.5. The number of benzene rings is 1. The monoisotopic (exact) mass is 310 g/mol. The van der Waals surface area contributed by atoms with Crippen LogP contribution in [0.3, 0.4) is 0 Å². The van der Waals surface area contributed by atoms with Gasteiger partial charge in [0.1, 0.15) is 0 Å². The first-order valence-electron chi connectivity index (χ1n) is 8.05. The SMILES string of the molecule is Cc1cc(C)nc(N2CCCC(C(=O)Nc3ccccc3)C2)n1. The molecule has 1 aliphatic heterocycles. The number of rotatable bonds is 3. The number of piperidine rings is 1. The molecular formula is C18H22N4O. The molecule has 0 aliphatic carbocycles. The lowest BCUT2D eigenvalue weighted by atomic mass is 9.97. The molecule has 1 saturated heterocycles. The molecule has 1 amide bonds. The Morgan fingerprint density at radius 3 is 2.57 bits per heavy atom. The number of hydrogen-bond donors (Lipinski definition) is 1. The van der Waals surface area contributed by atoms with Gasteiger partial charge in [0.15, 0.2) is 0 Å². The summed E-state index contributed by atoms with van der Waals surface area (Å²) in [5.41, 5.74) is 2.77. The molecule has 1 aliphatic rings. The summed E-state index contributed by atoms with van der Waals surface area (Å²) in [5, 5.41) is 3.00. The van der Waals surface area contributed by atoms with E-state index in [9.17, 15) is 4.79 Å². The third-order valence-corrected chi connectivity index (χ3v) is 4.09. The molecule has 2 heterocycles. The number of carbonyl (C=O) groups excluding carboxylic acids is 1. The van der Waals surface area contributed by atoms with E-state index in [1.165, 1.54) is 0 Å². The van der Waals surface area contributed by atoms with Gasteiger partial charge in [-0.15, -0.1) is 0 Å². The molecule has 3 rings (SSSR count). The van der Waals surface area contributed by atoms with Gasteiger partial charge < -0.3 is 10.2 Å². The van der Waals surface area contributed by atoms with Gasteiger partial charge in [-0.05, 0) is 44.9 Å². The fraction of sp³-hybridized carbons (Fsp3) is 0.389. The Morgan fingerprint density at radius 2 is 1.87 bits per heavy atom. The lowest BCUT2D eigenvalue weighted by molar-refractivity contribution is -0.120. The summed E-state index contributed by atoms with van der Waals surface area (Å²) in [6.45, 7) is 5.52. The van der Waals surface area contributed by atoms with Crippen molar-refractivity contribution in [3.63, 3.8) is 0 Å². The van der Waals surface area contributed by atoms with E-state index >= 15 is 0 Å². The van der Waals surface area contributed by atoms with Crippen molar-refractivity contribution >= 4 is 17.5 Å². The summed E-state index contributed by atoms with van der Waals surface area (Å²) in [6, 6.07) is 11.6. The number of carbonyl (C=O) groups is 1. The Balaban J connectivity index is 1.69. The van der Waals surface area contributed by atoms with Crippen LogP contribution >= 0.6 is 0 Å². The molecule has 0 bridgehead atoms. The van der Waals surface area contributed by atoms with Crippen LogP contribution in [0.5, 0.6) is 0 Å². The Kier molecular flexibility index (Phi) is 4.55. The van der Waals surface area contributed by atoms with Crippen molar-refractivity contribution < 1.29 is 4.79 Å². The van der Waals surface area contributed by atoms with E-state index < -0.39 is 0 Å². The highest BCUT2D eigenvalue weighted by Gasteiger charge is 2.27. The Morgan fingerprint density at radius 1 is 1.17 bits per heavy atom. The zero-order valence-electron chi connectivity index (χ0n) is 13.6. The van der Waals surface area contributed by atoms with Gasteiger partial charge in [0, 0.05) is 30.2 Å². The molecule has 0 radical (unpaired) electrons. The molecule has 1 fully saturated rings. The topological polar surface area (TPSA) is 58.1 Å². The standard InChI is InChI=1S/C18H22N4O/c1-13-11-14(2)20-18(19-13)22-10-6-7-15(12-22)17(23)21-16-8-4-3-5-9-16/h3-5,8-9,11,15H,6-7,10,12H2,1-2H3,(H,21,23). The zero-order chi connectivity index (χ0) is 16.2. The zero-order valence-corrected chi connectivity index (χ0v) is 13.6. The average Bonchev–Trinajstić information content (AvgIpc) is 2.55. The van der Waals surface area contributed by atoms with Crippen LogP contribution in [0.2, 0.25) is 0 Å². The molecule has 1 N–H and O–H groups in total. The second-order valence-corrected chi connectivity index (χ2v) is 6.09. The number of para-hydroxylation sites is 1. The van der Waals surface area contributed by atoms with Crippen molar-refractivity contribution in [2.24, 2.45) is 5.92 Å². The first kappa shape index (κ1) is 15.5. The summed E-state index contributed by atoms with van der Waals surface area (Å²) < 4.78 is 0. The van der Waals surface area contributed by atoms with Crippen molar-refractivity contribution in [2.45, 2.75) is 26.7 Å². The molecule has 23 heavy (non-hydrogen) atoms. The number of aromatic nitrogens is 2. The first-order chi connectivity index (χ1) is 11.1. The van der Waals surface area contributed by atoms with E-state index in [4.69, 9.17) is 0 Å². The van der Waals surface area contributed by atoms with Crippen molar-refractivity contribution in [1.29, 1.82) is 0 Å².